The minimum atomic E-state index is -0.810. The summed E-state index contributed by atoms with van der Waals surface area (Å²) in [7, 11) is 1.74. The van der Waals surface area contributed by atoms with E-state index in [1.165, 1.54) is 0 Å². The van der Waals surface area contributed by atoms with Crippen LogP contribution in [0.4, 0.5) is 0 Å². The van der Waals surface area contributed by atoms with Crippen LogP contribution in [0.25, 0.3) is 0 Å². The van der Waals surface area contributed by atoms with Crippen molar-refractivity contribution >= 4 is 11.9 Å². The number of likely N-dealkylation sites (N-methyl/N-ethyl adjacent to an activating group) is 1. The van der Waals surface area contributed by atoms with Crippen molar-refractivity contribution in [2.75, 3.05) is 20.1 Å². The Labute approximate surface area is 102 Å². The predicted octanol–water partition coefficient (Wildman–Crippen LogP) is 0.698. The maximum Gasteiger partial charge on any atom is 0.303 e. The number of piperidine rings is 1. The van der Waals surface area contributed by atoms with Gasteiger partial charge < -0.3 is 15.3 Å². The first-order valence-corrected chi connectivity index (χ1v) is 6.21. The second-order valence-electron chi connectivity index (χ2n) is 4.89. The highest BCUT2D eigenvalue weighted by Crippen LogP contribution is 2.16. The van der Waals surface area contributed by atoms with Gasteiger partial charge in [-0.05, 0) is 31.7 Å². The summed E-state index contributed by atoms with van der Waals surface area (Å²) in [5, 5.41) is 11.8. The monoisotopic (exact) mass is 242 g/mol. The molecule has 0 aromatic rings. The number of hydrogen-bond acceptors (Lipinski definition) is 3. The number of aliphatic carboxylic acids is 1. The molecule has 1 saturated heterocycles. The smallest absolute Gasteiger partial charge is 0.303 e. The number of rotatable bonds is 5. The zero-order valence-corrected chi connectivity index (χ0v) is 10.6. The van der Waals surface area contributed by atoms with Crippen molar-refractivity contribution in [2.24, 2.45) is 5.92 Å². The second kappa shape index (κ2) is 6.59. The SMILES string of the molecule is CC1CCNC(C(=O)N(C)CCCC(=O)O)C1. The number of amides is 1. The molecule has 2 unspecified atom stereocenters. The summed E-state index contributed by atoms with van der Waals surface area (Å²) in [6.45, 7) is 3.56. The molecule has 2 atom stereocenters. The van der Waals surface area contributed by atoms with E-state index < -0.39 is 5.97 Å². The summed E-state index contributed by atoms with van der Waals surface area (Å²) in [4.78, 5) is 24.1. The average molecular weight is 242 g/mol. The molecule has 0 bridgehead atoms. The summed E-state index contributed by atoms with van der Waals surface area (Å²) in [6.07, 6.45) is 2.63. The molecule has 1 aliphatic heterocycles. The lowest BCUT2D eigenvalue weighted by atomic mass is 9.93. The van der Waals surface area contributed by atoms with Crippen molar-refractivity contribution in [1.82, 2.24) is 10.2 Å². The molecule has 1 heterocycles. The number of carboxylic acids is 1. The van der Waals surface area contributed by atoms with E-state index in [4.69, 9.17) is 5.11 Å². The van der Waals surface area contributed by atoms with Crippen molar-refractivity contribution in [3.8, 4) is 0 Å². The molecular weight excluding hydrogens is 220 g/mol. The van der Waals surface area contributed by atoms with Gasteiger partial charge in [-0.15, -0.1) is 0 Å². The fourth-order valence-electron chi connectivity index (χ4n) is 2.14. The molecule has 0 aliphatic carbocycles. The molecule has 1 amide bonds. The second-order valence-corrected chi connectivity index (χ2v) is 4.89. The van der Waals surface area contributed by atoms with Crippen molar-refractivity contribution in [3.05, 3.63) is 0 Å². The predicted molar refractivity (Wildman–Crippen MR) is 64.7 cm³/mol. The van der Waals surface area contributed by atoms with Crippen molar-refractivity contribution < 1.29 is 14.7 Å². The molecule has 5 nitrogen and oxygen atoms in total. The Kier molecular flexibility index (Phi) is 5.41. The molecule has 1 rings (SSSR count). The van der Waals surface area contributed by atoms with E-state index in [0.717, 1.165) is 19.4 Å². The number of carboxylic acid groups (broad SMARTS) is 1. The van der Waals surface area contributed by atoms with Gasteiger partial charge in [-0.25, -0.2) is 0 Å². The van der Waals surface area contributed by atoms with E-state index in [1.54, 1.807) is 11.9 Å². The Bertz CT molecular complexity index is 281. The summed E-state index contributed by atoms with van der Waals surface area (Å²) in [6, 6.07) is -0.0893. The maximum absolute atomic E-state index is 12.0. The highest BCUT2D eigenvalue weighted by atomic mass is 16.4. The van der Waals surface area contributed by atoms with Gasteiger partial charge in [0.1, 0.15) is 0 Å². The van der Waals surface area contributed by atoms with Crippen LogP contribution in [-0.4, -0.2) is 48.1 Å². The van der Waals surface area contributed by atoms with Crippen LogP contribution in [0.5, 0.6) is 0 Å². The van der Waals surface area contributed by atoms with Crippen LogP contribution in [0.15, 0.2) is 0 Å². The maximum atomic E-state index is 12.0. The van der Waals surface area contributed by atoms with Gasteiger partial charge in [0.2, 0.25) is 5.91 Å². The largest absolute Gasteiger partial charge is 0.481 e. The molecule has 0 saturated carbocycles. The lowest BCUT2D eigenvalue weighted by molar-refractivity contribution is -0.138. The van der Waals surface area contributed by atoms with E-state index in [2.05, 4.69) is 12.2 Å². The van der Waals surface area contributed by atoms with Gasteiger partial charge in [0.15, 0.2) is 0 Å². The first kappa shape index (κ1) is 14.0. The fourth-order valence-corrected chi connectivity index (χ4v) is 2.14. The first-order chi connectivity index (χ1) is 8.00. The number of nitrogens with one attached hydrogen (secondary N) is 1. The summed E-state index contributed by atoms with van der Waals surface area (Å²) in [5.74, 6) is -0.144. The topological polar surface area (TPSA) is 69.6 Å². The number of carbonyl (C=O) groups is 2. The van der Waals surface area contributed by atoms with Crippen LogP contribution in [0.1, 0.15) is 32.6 Å². The lowest BCUT2D eigenvalue weighted by Crippen LogP contribution is -2.49. The minimum absolute atomic E-state index is 0.0851. The molecular formula is C12H22N2O3. The van der Waals surface area contributed by atoms with Crippen molar-refractivity contribution in [3.63, 3.8) is 0 Å². The first-order valence-electron chi connectivity index (χ1n) is 6.21. The quantitative estimate of drug-likeness (QED) is 0.744. The van der Waals surface area contributed by atoms with Crippen LogP contribution in [0.2, 0.25) is 0 Å². The molecule has 1 fully saturated rings. The third-order valence-electron chi connectivity index (χ3n) is 3.22. The van der Waals surface area contributed by atoms with Crippen molar-refractivity contribution in [1.29, 1.82) is 0 Å². The molecule has 2 N–H and O–H groups in total. The number of hydrogen-bond donors (Lipinski definition) is 2. The Morgan fingerprint density at radius 2 is 2.18 bits per heavy atom. The lowest BCUT2D eigenvalue weighted by Gasteiger charge is -2.30. The molecule has 0 radical (unpaired) electrons. The van der Waals surface area contributed by atoms with Gasteiger partial charge in [-0.1, -0.05) is 6.92 Å². The Morgan fingerprint density at radius 1 is 1.47 bits per heavy atom. The van der Waals surface area contributed by atoms with Crippen LogP contribution in [0.3, 0.4) is 0 Å². The Morgan fingerprint density at radius 3 is 2.76 bits per heavy atom. The average Bonchev–Trinajstić information content (AvgIpc) is 2.27. The van der Waals surface area contributed by atoms with E-state index in [9.17, 15) is 9.59 Å². The van der Waals surface area contributed by atoms with E-state index in [0.29, 0.717) is 18.9 Å². The van der Waals surface area contributed by atoms with Crippen LogP contribution in [-0.2, 0) is 9.59 Å². The van der Waals surface area contributed by atoms with Gasteiger partial charge >= 0.3 is 5.97 Å². The molecule has 1 aliphatic rings. The van der Waals surface area contributed by atoms with Crippen molar-refractivity contribution in [2.45, 2.75) is 38.6 Å². The minimum Gasteiger partial charge on any atom is -0.481 e. The molecule has 17 heavy (non-hydrogen) atoms. The molecule has 0 aromatic heterocycles. The number of carbonyl (C=O) groups excluding carboxylic acids is 1. The molecule has 0 spiro atoms. The zero-order chi connectivity index (χ0) is 12.8. The summed E-state index contributed by atoms with van der Waals surface area (Å²) < 4.78 is 0. The Balaban J connectivity index is 2.32. The normalized spacial score (nSPS) is 24.4. The third-order valence-corrected chi connectivity index (χ3v) is 3.22. The summed E-state index contributed by atoms with van der Waals surface area (Å²) >= 11 is 0. The highest BCUT2D eigenvalue weighted by Gasteiger charge is 2.26. The van der Waals surface area contributed by atoms with Gasteiger partial charge in [0.05, 0.1) is 6.04 Å². The van der Waals surface area contributed by atoms with Crippen LogP contribution >= 0.6 is 0 Å². The van der Waals surface area contributed by atoms with Crippen LogP contribution < -0.4 is 5.32 Å². The zero-order valence-electron chi connectivity index (χ0n) is 10.6. The van der Waals surface area contributed by atoms with Crippen LogP contribution in [0, 0.1) is 5.92 Å². The van der Waals surface area contributed by atoms with E-state index in [-0.39, 0.29) is 18.4 Å². The van der Waals surface area contributed by atoms with Gasteiger partial charge in [-0.2, -0.15) is 0 Å². The van der Waals surface area contributed by atoms with E-state index in [1.807, 2.05) is 0 Å². The highest BCUT2D eigenvalue weighted by molar-refractivity contribution is 5.81. The third kappa shape index (κ3) is 4.73. The molecule has 0 aromatic carbocycles. The van der Waals surface area contributed by atoms with E-state index >= 15 is 0 Å². The Hall–Kier alpha value is -1.10. The standard InChI is InChI=1S/C12H22N2O3/c1-9-5-6-13-10(8-9)12(17)14(2)7-3-4-11(15)16/h9-10,13H,3-8H2,1-2H3,(H,15,16). The number of nitrogens with zero attached hydrogens (tertiary/aromatic N) is 1. The van der Waals surface area contributed by atoms with Gasteiger partial charge in [0, 0.05) is 20.0 Å². The summed E-state index contributed by atoms with van der Waals surface area (Å²) in [5.41, 5.74) is 0. The van der Waals surface area contributed by atoms with Gasteiger partial charge in [-0.3, -0.25) is 9.59 Å². The molecule has 98 valence electrons. The van der Waals surface area contributed by atoms with Gasteiger partial charge in [0.25, 0.3) is 0 Å². The fraction of sp³-hybridized carbons (Fsp3) is 0.833. The molecule has 5 heteroatoms.